The molecule has 0 bridgehead atoms. The smallest absolute Gasteiger partial charge is 0.271 e. The molecule has 2 N–H and O–H groups in total. The van der Waals surface area contributed by atoms with E-state index in [2.05, 4.69) is 15.8 Å². The second kappa shape index (κ2) is 10.1. The van der Waals surface area contributed by atoms with Gasteiger partial charge >= 0.3 is 0 Å². The Labute approximate surface area is 170 Å². The van der Waals surface area contributed by atoms with Gasteiger partial charge in [0.15, 0.2) is 11.5 Å². The molecule has 0 aliphatic carbocycles. The van der Waals surface area contributed by atoms with Gasteiger partial charge < -0.3 is 19.7 Å². The van der Waals surface area contributed by atoms with Crippen LogP contribution in [-0.4, -0.2) is 45.8 Å². The van der Waals surface area contributed by atoms with Crippen molar-refractivity contribution in [1.29, 1.82) is 0 Å². The minimum atomic E-state index is -0.412. The van der Waals surface area contributed by atoms with Gasteiger partial charge in [-0.25, -0.2) is 5.43 Å². The van der Waals surface area contributed by atoms with Gasteiger partial charge in [0.25, 0.3) is 5.91 Å². The zero-order valence-electron chi connectivity index (χ0n) is 17.3. The van der Waals surface area contributed by atoms with E-state index in [9.17, 15) is 9.59 Å². The number of methoxy groups -OCH3 is 2. The number of anilines is 2. The van der Waals surface area contributed by atoms with E-state index < -0.39 is 5.91 Å². The van der Waals surface area contributed by atoms with E-state index in [1.807, 2.05) is 43.3 Å². The molecule has 29 heavy (non-hydrogen) atoms. The molecule has 154 valence electrons. The van der Waals surface area contributed by atoms with Crippen LogP contribution in [0.2, 0.25) is 0 Å². The maximum absolute atomic E-state index is 12.3. The van der Waals surface area contributed by atoms with E-state index in [1.54, 1.807) is 25.1 Å². The van der Waals surface area contributed by atoms with Crippen LogP contribution in [0.1, 0.15) is 23.7 Å². The summed E-state index contributed by atoms with van der Waals surface area (Å²) in [6.45, 7) is 1.67. The highest BCUT2D eigenvalue weighted by Gasteiger charge is 2.11. The first-order chi connectivity index (χ1) is 13.8. The summed E-state index contributed by atoms with van der Waals surface area (Å²) < 4.78 is 10.3. The molecular formula is C21H26N4O4. The number of ether oxygens (including phenoxy) is 2. The van der Waals surface area contributed by atoms with Crippen LogP contribution in [0.15, 0.2) is 47.6 Å². The number of carbonyl (C=O) groups excluding carboxylic acids is 2. The minimum absolute atomic E-state index is 0.0572. The first-order valence-corrected chi connectivity index (χ1v) is 8.96. The van der Waals surface area contributed by atoms with Crippen molar-refractivity contribution in [3.8, 4) is 11.5 Å². The maximum Gasteiger partial charge on any atom is 0.271 e. The van der Waals surface area contributed by atoms with Gasteiger partial charge in [-0.2, -0.15) is 5.10 Å². The third-order valence-electron chi connectivity index (χ3n) is 4.08. The van der Waals surface area contributed by atoms with Gasteiger partial charge in [0.2, 0.25) is 5.91 Å². The number of carbonyl (C=O) groups is 2. The van der Waals surface area contributed by atoms with E-state index in [0.29, 0.717) is 28.5 Å². The van der Waals surface area contributed by atoms with Crippen LogP contribution in [0.5, 0.6) is 11.5 Å². The molecule has 0 aliphatic rings. The molecule has 0 spiro atoms. The number of nitrogens with one attached hydrogen (secondary N) is 2. The lowest BCUT2D eigenvalue weighted by Crippen LogP contribution is -2.21. The predicted molar refractivity (Wildman–Crippen MR) is 114 cm³/mol. The first-order valence-electron chi connectivity index (χ1n) is 8.96. The van der Waals surface area contributed by atoms with Crippen molar-refractivity contribution in [3.63, 3.8) is 0 Å². The molecule has 0 saturated heterocycles. The van der Waals surface area contributed by atoms with Gasteiger partial charge in [-0.15, -0.1) is 0 Å². The molecule has 0 heterocycles. The molecule has 0 atom stereocenters. The van der Waals surface area contributed by atoms with Crippen LogP contribution in [0, 0.1) is 0 Å². The normalized spacial score (nSPS) is 10.9. The molecule has 0 radical (unpaired) electrons. The summed E-state index contributed by atoms with van der Waals surface area (Å²) in [5, 5.41) is 6.80. The zero-order valence-corrected chi connectivity index (χ0v) is 17.3. The third-order valence-corrected chi connectivity index (χ3v) is 4.08. The Hall–Kier alpha value is -3.55. The van der Waals surface area contributed by atoms with Crippen LogP contribution in [0.4, 0.5) is 11.4 Å². The van der Waals surface area contributed by atoms with Gasteiger partial charge in [0.1, 0.15) is 0 Å². The fraction of sp³-hybridized carbons (Fsp3) is 0.286. The highest BCUT2D eigenvalue weighted by Crippen LogP contribution is 2.27. The molecule has 0 aliphatic heterocycles. The Morgan fingerprint density at radius 1 is 1.00 bits per heavy atom. The monoisotopic (exact) mass is 398 g/mol. The number of benzene rings is 2. The zero-order chi connectivity index (χ0) is 21.4. The lowest BCUT2D eigenvalue weighted by molar-refractivity contribution is -0.115. The van der Waals surface area contributed by atoms with Crippen LogP contribution in [-0.2, 0) is 4.79 Å². The molecule has 8 nitrogen and oxygen atoms in total. The highest BCUT2D eigenvalue weighted by molar-refractivity contribution is 6.06. The summed E-state index contributed by atoms with van der Waals surface area (Å²) in [5.74, 6) is 0.341. The third kappa shape index (κ3) is 6.24. The molecule has 0 fully saturated rings. The summed E-state index contributed by atoms with van der Waals surface area (Å²) in [6.07, 6.45) is 0.0572. The number of nitrogens with zero attached hydrogens (tertiary/aromatic N) is 2. The summed E-state index contributed by atoms with van der Waals surface area (Å²) >= 11 is 0. The van der Waals surface area contributed by atoms with E-state index in [0.717, 1.165) is 5.69 Å². The Kier molecular flexibility index (Phi) is 7.59. The van der Waals surface area contributed by atoms with Crippen molar-refractivity contribution in [2.75, 3.05) is 38.5 Å². The fourth-order valence-corrected chi connectivity index (χ4v) is 2.51. The number of hydrogen-bond donors (Lipinski definition) is 2. The van der Waals surface area contributed by atoms with Crippen molar-refractivity contribution in [2.45, 2.75) is 13.3 Å². The topological polar surface area (TPSA) is 92.3 Å². The average Bonchev–Trinajstić information content (AvgIpc) is 2.71. The summed E-state index contributed by atoms with van der Waals surface area (Å²) in [7, 11) is 6.91. The van der Waals surface area contributed by atoms with Crippen molar-refractivity contribution < 1.29 is 19.1 Å². The van der Waals surface area contributed by atoms with Gasteiger partial charge in [-0.05, 0) is 49.4 Å². The van der Waals surface area contributed by atoms with E-state index in [-0.39, 0.29) is 12.3 Å². The van der Waals surface area contributed by atoms with Gasteiger partial charge in [0.05, 0.1) is 20.6 Å². The standard InChI is InChI=1S/C21H26N4O4/c1-14(12-20(26)22-16-7-9-17(10-8-16)25(2)3)23-24-21(27)15-6-11-18(28-4)19(13-15)29-5/h6-11,13H,12H2,1-5H3,(H,22,26)(H,24,27). The summed E-state index contributed by atoms with van der Waals surface area (Å²) in [5.41, 5.74) is 5.02. The number of amides is 2. The molecule has 0 aromatic heterocycles. The quantitative estimate of drug-likeness (QED) is 0.527. The van der Waals surface area contributed by atoms with E-state index >= 15 is 0 Å². The van der Waals surface area contributed by atoms with E-state index in [4.69, 9.17) is 9.47 Å². The average molecular weight is 398 g/mol. The van der Waals surface area contributed by atoms with Gasteiger partial charge in [-0.1, -0.05) is 0 Å². The Balaban J connectivity index is 1.92. The largest absolute Gasteiger partial charge is 0.493 e. The molecular weight excluding hydrogens is 372 g/mol. The molecule has 2 aromatic carbocycles. The van der Waals surface area contributed by atoms with Gasteiger partial charge in [0, 0.05) is 36.7 Å². The van der Waals surface area contributed by atoms with Crippen LogP contribution < -0.4 is 25.1 Å². The van der Waals surface area contributed by atoms with Crippen LogP contribution in [0.25, 0.3) is 0 Å². The minimum Gasteiger partial charge on any atom is -0.493 e. The van der Waals surface area contributed by atoms with Crippen LogP contribution in [0.3, 0.4) is 0 Å². The highest BCUT2D eigenvalue weighted by atomic mass is 16.5. The fourth-order valence-electron chi connectivity index (χ4n) is 2.51. The van der Waals surface area contributed by atoms with Gasteiger partial charge in [-0.3, -0.25) is 9.59 Å². The molecule has 2 amide bonds. The Morgan fingerprint density at radius 2 is 1.66 bits per heavy atom. The van der Waals surface area contributed by atoms with Crippen molar-refractivity contribution in [1.82, 2.24) is 5.43 Å². The van der Waals surface area contributed by atoms with Crippen molar-refractivity contribution in [3.05, 3.63) is 48.0 Å². The lowest BCUT2D eigenvalue weighted by Gasteiger charge is -2.13. The number of rotatable bonds is 8. The molecule has 0 unspecified atom stereocenters. The molecule has 0 saturated carbocycles. The van der Waals surface area contributed by atoms with Crippen LogP contribution >= 0.6 is 0 Å². The van der Waals surface area contributed by atoms with Crippen molar-refractivity contribution in [2.24, 2.45) is 5.10 Å². The van der Waals surface area contributed by atoms with Crippen molar-refractivity contribution >= 4 is 28.9 Å². The molecule has 8 heteroatoms. The number of hydrogen-bond acceptors (Lipinski definition) is 6. The lowest BCUT2D eigenvalue weighted by atomic mass is 10.2. The Morgan fingerprint density at radius 3 is 2.24 bits per heavy atom. The Bertz CT molecular complexity index is 892. The molecule has 2 aromatic rings. The predicted octanol–water partition coefficient (Wildman–Crippen LogP) is 2.90. The summed E-state index contributed by atoms with van der Waals surface area (Å²) in [4.78, 5) is 26.4. The first kappa shape index (κ1) is 21.7. The SMILES string of the molecule is COc1ccc(C(=O)NN=C(C)CC(=O)Nc2ccc(N(C)C)cc2)cc1OC. The van der Waals surface area contributed by atoms with E-state index in [1.165, 1.54) is 14.2 Å². The summed E-state index contributed by atoms with van der Waals surface area (Å²) in [6, 6.07) is 12.3. The second-order valence-corrected chi connectivity index (χ2v) is 6.52. The second-order valence-electron chi connectivity index (χ2n) is 6.52. The maximum atomic E-state index is 12.3. The number of hydrazone groups is 1. The molecule has 2 rings (SSSR count).